The summed E-state index contributed by atoms with van der Waals surface area (Å²) in [5.74, 6) is -1.19. The zero-order valence-electron chi connectivity index (χ0n) is 12.3. The molecule has 1 aromatic rings. The summed E-state index contributed by atoms with van der Waals surface area (Å²) >= 11 is 1.04. The fourth-order valence-corrected chi connectivity index (χ4v) is 2.14. The zero-order valence-corrected chi connectivity index (χ0v) is 13.2. The van der Waals surface area contributed by atoms with Crippen molar-refractivity contribution in [3.05, 3.63) is 16.1 Å². The number of esters is 1. The molecule has 116 valence electrons. The molecule has 0 aliphatic heterocycles. The molecule has 1 rings (SSSR count). The van der Waals surface area contributed by atoms with Gasteiger partial charge in [0.05, 0.1) is 13.2 Å². The second kappa shape index (κ2) is 8.35. The van der Waals surface area contributed by atoms with Gasteiger partial charge in [0.15, 0.2) is 0 Å². The van der Waals surface area contributed by atoms with Crippen LogP contribution in [-0.4, -0.2) is 54.4 Å². The van der Waals surface area contributed by atoms with Crippen molar-refractivity contribution >= 4 is 29.1 Å². The Morgan fingerprint density at radius 2 is 2.10 bits per heavy atom. The van der Waals surface area contributed by atoms with E-state index in [1.807, 2.05) is 6.92 Å². The first kappa shape index (κ1) is 17.1. The summed E-state index contributed by atoms with van der Waals surface area (Å²) in [7, 11) is 1.51. The number of likely N-dealkylation sites (N-methyl/N-ethyl adjacent to an activating group) is 1. The Hall–Kier alpha value is -1.96. The number of aromatic nitrogens is 1. The molecule has 0 unspecified atom stereocenters. The molecule has 0 aliphatic rings. The van der Waals surface area contributed by atoms with Crippen molar-refractivity contribution in [3.8, 4) is 0 Å². The summed E-state index contributed by atoms with van der Waals surface area (Å²) in [6.07, 6.45) is 0.832. The monoisotopic (exact) mass is 313 g/mol. The SMILES string of the molecule is CCCNC(=O)CN(C)C(=O)c1csc(C(=O)OCC)n1. The van der Waals surface area contributed by atoms with Crippen LogP contribution in [0.15, 0.2) is 5.38 Å². The minimum atomic E-state index is -0.551. The van der Waals surface area contributed by atoms with E-state index in [2.05, 4.69) is 10.3 Å². The molecule has 0 spiro atoms. The van der Waals surface area contributed by atoms with Crippen molar-refractivity contribution in [2.45, 2.75) is 20.3 Å². The zero-order chi connectivity index (χ0) is 15.8. The van der Waals surface area contributed by atoms with E-state index in [4.69, 9.17) is 4.74 Å². The number of hydrogen-bond donors (Lipinski definition) is 1. The highest BCUT2D eigenvalue weighted by Crippen LogP contribution is 2.12. The molecular weight excluding hydrogens is 294 g/mol. The highest BCUT2D eigenvalue weighted by atomic mass is 32.1. The Bertz CT molecular complexity index is 515. The molecule has 8 heteroatoms. The maximum atomic E-state index is 12.1. The van der Waals surface area contributed by atoms with Gasteiger partial charge in [0.2, 0.25) is 10.9 Å². The molecule has 0 radical (unpaired) electrons. The predicted molar refractivity (Wildman–Crippen MR) is 78.3 cm³/mol. The number of carbonyl (C=O) groups excluding carboxylic acids is 3. The van der Waals surface area contributed by atoms with Crippen LogP contribution in [0.4, 0.5) is 0 Å². The maximum Gasteiger partial charge on any atom is 0.367 e. The molecule has 0 saturated carbocycles. The first-order valence-corrected chi connectivity index (χ1v) is 7.52. The molecule has 0 bridgehead atoms. The summed E-state index contributed by atoms with van der Waals surface area (Å²) < 4.78 is 4.81. The highest BCUT2D eigenvalue weighted by molar-refractivity contribution is 7.11. The second-order valence-corrected chi connectivity index (χ2v) is 5.13. The molecule has 1 heterocycles. The predicted octanol–water partition coefficient (Wildman–Crippen LogP) is 0.918. The topological polar surface area (TPSA) is 88.6 Å². The molecule has 2 amide bonds. The molecule has 1 N–H and O–H groups in total. The fraction of sp³-hybridized carbons (Fsp3) is 0.538. The molecule has 0 saturated heterocycles. The highest BCUT2D eigenvalue weighted by Gasteiger charge is 2.20. The largest absolute Gasteiger partial charge is 0.461 e. The van der Waals surface area contributed by atoms with E-state index in [9.17, 15) is 14.4 Å². The number of amides is 2. The Morgan fingerprint density at radius 1 is 1.38 bits per heavy atom. The van der Waals surface area contributed by atoms with Crippen LogP contribution in [0, 0.1) is 0 Å². The summed E-state index contributed by atoms with van der Waals surface area (Å²) in [5, 5.41) is 4.29. The van der Waals surface area contributed by atoms with Crippen LogP contribution in [0.1, 0.15) is 40.6 Å². The fourth-order valence-electron chi connectivity index (χ4n) is 1.46. The minimum absolute atomic E-state index is 0.0505. The summed E-state index contributed by atoms with van der Waals surface area (Å²) in [6, 6.07) is 0. The lowest BCUT2D eigenvalue weighted by atomic mass is 10.4. The number of hydrogen-bond acceptors (Lipinski definition) is 6. The van der Waals surface area contributed by atoms with Crippen molar-refractivity contribution in [2.24, 2.45) is 0 Å². The van der Waals surface area contributed by atoms with Crippen molar-refractivity contribution in [3.63, 3.8) is 0 Å². The van der Waals surface area contributed by atoms with E-state index in [-0.39, 0.29) is 29.8 Å². The average Bonchev–Trinajstić information content (AvgIpc) is 2.94. The van der Waals surface area contributed by atoms with Crippen LogP contribution in [0.5, 0.6) is 0 Å². The lowest BCUT2D eigenvalue weighted by molar-refractivity contribution is -0.121. The van der Waals surface area contributed by atoms with Gasteiger partial charge in [0.1, 0.15) is 5.69 Å². The van der Waals surface area contributed by atoms with Gasteiger partial charge in [-0.05, 0) is 13.3 Å². The van der Waals surface area contributed by atoms with Crippen LogP contribution in [-0.2, 0) is 9.53 Å². The normalized spacial score (nSPS) is 10.0. The van der Waals surface area contributed by atoms with Crippen LogP contribution in [0.3, 0.4) is 0 Å². The number of thiazole rings is 1. The molecule has 21 heavy (non-hydrogen) atoms. The summed E-state index contributed by atoms with van der Waals surface area (Å²) in [6.45, 7) is 4.41. The Morgan fingerprint density at radius 3 is 2.71 bits per heavy atom. The van der Waals surface area contributed by atoms with Crippen LogP contribution < -0.4 is 5.32 Å². The third-order valence-corrected chi connectivity index (χ3v) is 3.30. The maximum absolute atomic E-state index is 12.1. The van der Waals surface area contributed by atoms with Crippen molar-refractivity contribution in [1.29, 1.82) is 0 Å². The van der Waals surface area contributed by atoms with Gasteiger partial charge >= 0.3 is 5.97 Å². The summed E-state index contributed by atoms with van der Waals surface area (Å²) in [4.78, 5) is 40.3. The van der Waals surface area contributed by atoms with E-state index >= 15 is 0 Å². The van der Waals surface area contributed by atoms with Crippen LogP contribution in [0.2, 0.25) is 0 Å². The van der Waals surface area contributed by atoms with Crippen LogP contribution in [0.25, 0.3) is 0 Å². The van der Waals surface area contributed by atoms with Crippen LogP contribution >= 0.6 is 11.3 Å². The number of carbonyl (C=O) groups is 3. The van der Waals surface area contributed by atoms with Gasteiger partial charge in [-0.1, -0.05) is 6.92 Å². The molecule has 0 atom stereocenters. The Balaban J connectivity index is 2.62. The number of nitrogens with zero attached hydrogens (tertiary/aromatic N) is 2. The second-order valence-electron chi connectivity index (χ2n) is 4.27. The molecule has 0 aromatic carbocycles. The Kier molecular flexibility index (Phi) is 6.80. The number of ether oxygens (including phenoxy) is 1. The van der Waals surface area contributed by atoms with E-state index in [0.29, 0.717) is 6.54 Å². The molecular formula is C13H19N3O4S. The van der Waals surface area contributed by atoms with Crippen molar-refractivity contribution in [2.75, 3.05) is 26.7 Å². The van der Waals surface area contributed by atoms with E-state index in [1.165, 1.54) is 17.3 Å². The third-order valence-electron chi connectivity index (χ3n) is 2.47. The van der Waals surface area contributed by atoms with Gasteiger partial charge in [-0.2, -0.15) is 0 Å². The molecule has 1 aromatic heterocycles. The standard InChI is InChI=1S/C13H19N3O4S/c1-4-6-14-10(17)7-16(3)12(18)9-8-21-11(15-9)13(19)20-5-2/h8H,4-7H2,1-3H3,(H,14,17). The Labute approximate surface area is 127 Å². The smallest absolute Gasteiger partial charge is 0.367 e. The lowest BCUT2D eigenvalue weighted by Gasteiger charge is -2.15. The first-order chi connectivity index (χ1) is 9.99. The van der Waals surface area contributed by atoms with Crippen molar-refractivity contribution in [1.82, 2.24) is 15.2 Å². The molecule has 0 fully saturated rings. The molecule has 0 aliphatic carbocycles. The molecule has 7 nitrogen and oxygen atoms in total. The van der Waals surface area contributed by atoms with Gasteiger partial charge in [0.25, 0.3) is 5.91 Å². The van der Waals surface area contributed by atoms with Gasteiger partial charge in [-0.3, -0.25) is 9.59 Å². The lowest BCUT2D eigenvalue weighted by Crippen LogP contribution is -2.38. The van der Waals surface area contributed by atoms with Crippen molar-refractivity contribution < 1.29 is 19.1 Å². The van der Waals surface area contributed by atoms with Gasteiger partial charge < -0.3 is 15.0 Å². The van der Waals surface area contributed by atoms with Gasteiger partial charge in [0, 0.05) is 19.0 Å². The third kappa shape index (κ3) is 5.14. The van der Waals surface area contributed by atoms with E-state index in [0.717, 1.165) is 17.8 Å². The minimum Gasteiger partial charge on any atom is -0.461 e. The average molecular weight is 313 g/mol. The number of nitrogens with one attached hydrogen (secondary N) is 1. The van der Waals surface area contributed by atoms with Gasteiger partial charge in [-0.15, -0.1) is 11.3 Å². The van der Waals surface area contributed by atoms with E-state index in [1.54, 1.807) is 6.92 Å². The first-order valence-electron chi connectivity index (χ1n) is 6.64. The quantitative estimate of drug-likeness (QED) is 0.756. The summed E-state index contributed by atoms with van der Waals surface area (Å²) in [5.41, 5.74) is 0.133. The van der Waals surface area contributed by atoms with E-state index < -0.39 is 11.9 Å². The number of rotatable bonds is 7. The van der Waals surface area contributed by atoms with Gasteiger partial charge in [-0.25, -0.2) is 9.78 Å².